The molecule has 0 aliphatic carbocycles. The van der Waals surface area contributed by atoms with Crippen LogP contribution in [0.25, 0.3) is 11.5 Å². The van der Waals surface area contributed by atoms with E-state index in [9.17, 15) is 4.79 Å². The Bertz CT molecular complexity index is 951. The SMILES string of the molecule is CCOc1ccc(C(=O)[C@@H](C)Sc2nnc(-c3ccc(N(CC)CC)cc3)o2)cc1. The highest BCUT2D eigenvalue weighted by Gasteiger charge is 2.20. The molecule has 0 bridgehead atoms. The highest BCUT2D eigenvalue weighted by atomic mass is 32.2. The molecule has 6 nitrogen and oxygen atoms in total. The Balaban J connectivity index is 1.65. The first-order chi connectivity index (χ1) is 14.5. The molecule has 0 unspecified atom stereocenters. The number of hydrogen-bond donors (Lipinski definition) is 0. The van der Waals surface area contributed by atoms with Crippen LogP contribution >= 0.6 is 11.8 Å². The van der Waals surface area contributed by atoms with Gasteiger partial charge in [-0.05, 0) is 76.2 Å². The van der Waals surface area contributed by atoms with Crippen LogP contribution in [0.3, 0.4) is 0 Å². The molecule has 0 radical (unpaired) electrons. The van der Waals surface area contributed by atoms with Crippen LogP contribution in [0, 0.1) is 0 Å². The van der Waals surface area contributed by atoms with Crippen LogP contribution in [-0.4, -0.2) is 40.9 Å². The van der Waals surface area contributed by atoms with Crippen molar-refractivity contribution in [3.05, 3.63) is 54.1 Å². The van der Waals surface area contributed by atoms with Gasteiger partial charge in [0, 0.05) is 29.9 Å². The van der Waals surface area contributed by atoms with Gasteiger partial charge in [-0.25, -0.2) is 0 Å². The van der Waals surface area contributed by atoms with E-state index in [4.69, 9.17) is 9.15 Å². The van der Waals surface area contributed by atoms with E-state index < -0.39 is 0 Å². The Labute approximate surface area is 181 Å². The molecule has 0 amide bonds. The Morgan fingerprint density at radius 3 is 2.30 bits per heavy atom. The summed E-state index contributed by atoms with van der Waals surface area (Å²) in [6.07, 6.45) is 0. The molecule has 2 aromatic carbocycles. The van der Waals surface area contributed by atoms with Crippen LogP contribution in [-0.2, 0) is 0 Å². The van der Waals surface area contributed by atoms with E-state index in [0.717, 1.165) is 30.1 Å². The van der Waals surface area contributed by atoms with Gasteiger partial charge in [-0.1, -0.05) is 11.8 Å². The molecule has 1 atom stereocenters. The zero-order valence-corrected chi connectivity index (χ0v) is 18.6. The number of carbonyl (C=O) groups excluding carboxylic acids is 1. The number of Topliss-reactive ketones (excluding diaryl/α,β-unsaturated/α-hetero) is 1. The maximum Gasteiger partial charge on any atom is 0.277 e. The summed E-state index contributed by atoms with van der Waals surface area (Å²) in [5.74, 6) is 1.21. The molecule has 158 valence electrons. The van der Waals surface area contributed by atoms with E-state index >= 15 is 0 Å². The number of thioether (sulfide) groups is 1. The lowest BCUT2D eigenvalue weighted by Crippen LogP contribution is -2.21. The molecule has 0 saturated carbocycles. The van der Waals surface area contributed by atoms with Crippen LogP contribution in [0.4, 0.5) is 5.69 Å². The van der Waals surface area contributed by atoms with Gasteiger partial charge in [0.1, 0.15) is 5.75 Å². The Hall–Kier alpha value is -2.80. The number of hydrogen-bond acceptors (Lipinski definition) is 7. The fourth-order valence-corrected chi connectivity index (χ4v) is 3.86. The monoisotopic (exact) mass is 425 g/mol. The fraction of sp³-hybridized carbons (Fsp3) is 0.348. The second-order valence-corrected chi connectivity index (χ2v) is 7.97. The van der Waals surface area contributed by atoms with Crippen LogP contribution < -0.4 is 9.64 Å². The largest absolute Gasteiger partial charge is 0.494 e. The predicted molar refractivity (Wildman–Crippen MR) is 121 cm³/mol. The topological polar surface area (TPSA) is 68.5 Å². The number of aromatic nitrogens is 2. The molecule has 0 aliphatic rings. The molecule has 0 N–H and O–H groups in total. The summed E-state index contributed by atoms with van der Waals surface area (Å²) < 4.78 is 11.2. The molecule has 0 fully saturated rings. The van der Waals surface area contributed by atoms with Crippen LogP contribution in [0.5, 0.6) is 5.75 Å². The molecular weight excluding hydrogens is 398 g/mol. The van der Waals surface area contributed by atoms with E-state index in [-0.39, 0.29) is 11.0 Å². The number of nitrogens with zero attached hydrogens (tertiary/aromatic N) is 3. The molecule has 1 heterocycles. The van der Waals surface area contributed by atoms with Crippen molar-refractivity contribution in [1.82, 2.24) is 10.2 Å². The van der Waals surface area contributed by atoms with Gasteiger partial charge in [0.05, 0.1) is 11.9 Å². The van der Waals surface area contributed by atoms with Gasteiger partial charge in [0.2, 0.25) is 5.89 Å². The number of ether oxygens (including phenoxy) is 1. The van der Waals surface area contributed by atoms with E-state index in [1.807, 2.05) is 26.0 Å². The second kappa shape index (κ2) is 10.3. The average molecular weight is 426 g/mol. The number of carbonyl (C=O) groups is 1. The number of ketones is 1. The number of anilines is 1. The smallest absolute Gasteiger partial charge is 0.277 e. The zero-order chi connectivity index (χ0) is 21.5. The lowest BCUT2D eigenvalue weighted by Gasteiger charge is -2.20. The molecule has 0 saturated heterocycles. The summed E-state index contributed by atoms with van der Waals surface area (Å²) in [4.78, 5) is 15.0. The van der Waals surface area contributed by atoms with Crippen molar-refractivity contribution >= 4 is 23.2 Å². The molecule has 7 heteroatoms. The van der Waals surface area contributed by atoms with Crippen LogP contribution in [0.2, 0.25) is 0 Å². The third kappa shape index (κ3) is 5.21. The first-order valence-electron chi connectivity index (χ1n) is 10.2. The Morgan fingerprint density at radius 1 is 1.03 bits per heavy atom. The fourth-order valence-electron chi connectivity index (χ4n) is 3.10. The number of rotatable bonds is 10. The maximum atomic E-state index is 12.7. The summed E-state index contributed by atoms with van der Waals surface area (Å²) in [6, 6.07) is 15.2. The van der Waals surface area contributed by atoms with Gasteiger partial charge < -0.3 is 14.1 Å². The van der Waals surface area contributed by atoms with Crippen molar-refractivity contribution in [3.63, 3.8) is 0 Å². The summed E-state index contributed by atoms with van der Waals surface area (Å²) in [5.41, 5.74) is 2.65. The lowest BCUT2D eigenvalue weighted by molar-refractivity contribution is 0.0993. The maximum absolute atomic E-state index is 12.7. The molecular formula is C23H27N3O3S. The third-order valence-electron chi connectivity index (χ3n) is 4.75. The first kappa shape index (κ1) is 21.9. The van der Waals surface area contributed by atoms with Crippen molar-refractivity contribution in [1.29, 1.82) is 0 Å². The van der Waals surface area contributed by atoms with Gasteiger partial charge in [0.15, 0.2) is 5.78 Å². The summed E-state index contributed by atoms with van der Waals surface area (Å²) in [7, 11) is 0. The third-order valence-corrected chi connectivity index (χ3v) is 5.68. The molecule has 0 spiro atoms. The van der Waals surface area contributed by atoms with E-state index in [0.29, 0.717) is 23.3 Å². The quantitative estimate of drug-likeness (QED) is 0.320. The second-order valence-electron chi connectivity index (χ2n) is 6.67. The summed E-state index contributed by atoms with van der Waals surface area (Å²) in [5, 5.41) is 8.27. The van der Waals surface area contributed by atoms with Gasteiger partial charge in [0.25, 0.3) is 5.22 Å². The lowest BCUT2D eigenvalue weighted by atomic mass is 10.1. The molecule has 3 rings (SSSR count). The van der Waals surface area contributed by atoms with Gasteiger partial charge in [-0.2, -0.15) is 0 Å². The Kier molecular flexibility index (Phi) is 7.52. The number of benzene rings is 2. The summed E-state index contributed by atoms with van der Waals surface area (Å²) >= 11 is 1.26. The van der Waals surface area contributed by atoms with Crippen LogP contribution in [0.15, 0.2) is 58.2 Å². The van der Waals surface area contributed by atoms with Gasteiger partial charge in [-0.15, -0.1) is 10.2 Å². The minimum absolute atomic E-state index is 0.00590. The van der Waals surface area contributed by atoms with Crippen molar-refractivity contribution in [2.75, 3.05) is 24.6 Å². The normalized spacial score (nSPS) is 11.9. The van der Waals surface area contributed by atoms with E-state index in [2.05, 4.69) is 41.1 Å². The van der Waals surface area contributed by atoms with E-state index in [1.165, 1.54) is 11.8 Å². The molecule has 30 heavy (non-hydrogen) atoms. The van der Waals surface area contributed by atoms with Crippen molar-refractivity contribution in [2.45, 2.75) is 38.2 Å². The molecule has 3 aromatic rings. The van der Waals surface area contributed by atoms with Crippen molar-refractivity contribution < 1.29 is 13.9 Å². The highest BCUT2D eigenvalue weighted by molar-refractivity contribution is 8.00. The highest BCUT2D eigenvalue weighted by Crippen LogP contribution is 2.29. The first-order valence-corrected chi connectivity index (χ1v) is 11.1. The van der Waals surface area contributed by atoms with E-state index in [1.54, 1.807) is 24.3 Å². The predicted octanol–water partition coefficient (Wildman–Crippen LogP) is 5.35. The minimum atomic E-state index is -0.346. The van der Waals surface area contributed by atoms with Crippen molar-refractivity contribution in [2.24, 2.45) is 0 Å². The standard InChI is InChI=1S/C23H27N3O3S/c1-5-26(6-2)19-12-8-18(9-13-19)22-24-25-23(29-22)30-16(4)21(27)17-10-14-20(15-11-17)28-7-3/h8-16H,5-7H2,1-4H3/t16-/m1/s1. The molecule has 1 aromatic heterocycles. The van der Waals surface area contributed by atoms with Gasteiger partial charge in [-0.3, -0.25) is 4.79 Å². The van der Waals surface area contributed by atoms with Crippen molar-refractivity contribution in [3.8, 4) is 17.2 Å². The minimum Gasteiger partial charge on any atom is -0.494 e. The zero-order valence-electron chi connectivity index (χ0n) is 17.8. The Morgan fingerprint density at radius 2 is 1.70 bits per heavy atom. The molecule has 0 aliphatic heterocycles. The average Bonchev–Trinajstić information content (AvgIpc) is 3.24. The van der Waals surface area contributed by atoms with Gasteiger partial charge >= 0.3 is 0 Å². The summed E-state index contributed by atoms with van der Waals surface area (Å²) in [6.45, 7) is 10.5. The van der Waals surface area contributed by atoms with Crippen LogP contribution in [0.1, 0.15) is 38.1 Å².